The Morgan fingerprint density at radius 3 is 1.86 bits per heavy atom. The molecule has 2 atom stereocenters. The van der Waals surface area contributed by atoms with Crippen LogP contribution >= 0.6 is 7.60 Å². The van der Waals surface area contributed by atoms with Crippen molar-refractivity contribution in [2.75, 3.05) is 14.2 Å². The third kappa shape index (κ3) is 5.06. The molecule has 1 aromatic rings. The van der Waals surface area contributed by atoms with Gasteiger partial charge < -0.3 is 14.2 Å². The number of rotatable bonds is 11. The number of benzene rings is 1. The van der Waals surface area contributed by atoms with Crippen LogP contribution in [0.2, 0.25) is 0 Å². The first-order valence-corrected chi connectivity index (χ1v) is 11.6. The second-order valence-corrected chi connectivity index (χ2v) is 10.9. The largest absolute Gasteiger partial charge is 0.507 e. The van der Waals surface area contributed by atoms with Crippen LogP contribution in [0.15, 0.2) is 12.1 Å². The lowest BCUT2D eigenvalue weighted by molar-refractivity contribution is -0.121. The lowest BCUT2D eigenvalue weighted by Gasteiger charge is -2.29. The molecule has 1 N–H and O–H groups in total. The van der Waals surface area contributed by atoms with Crippen LogP contribution in [0.25, 0.3) is 0 Å². The molecule has 5 nitrogen and oxygen atoms in total. The maximum atomic E-state index is 12.8. The SMILES string of the molecule is CCC(C)c1cc(CCC(=O)C(C)(C)P(=O)(OC)OC)cc(C(C)CC)c1O. The number of Topliss-reactive ketones (excluding diaryl/α,β-unsaturated/α-hetero) is 1. The van der Waals surface area contributed by atoms with Crippen molar-refractivity contribution in [3.05, 3.63) is 28.8 Å². The fourth-order valence-electron chi connectivity index (χ4n) is 3.33. The molecule has 0 aliphatic heterocycles. The molecule has 0 aliphatic rings. The zero-order chi connectivity index (χ0) is 21.7. The van der Waals surface area contributed by atoms with E-state index in [1.54, 1.807) is 13.8 Å². The predicted molar refractivity (Wildman–Crippen MR) is 115 cm³/mol. The summed E-state index contributed by atoms with van der Waals surface area (Å²) in [5.41, 5.74) is 2.88. The number of carbonyl (C=O) groups excluding carboxylic acids is 1. The highest BCUT2D eigenvalue weighted by atomic mass is 31.2. The summed E-state index contributed by atoms with van der Waals surface area (Å²) in [6, 6.07) is 4.00. The summed E-state index contributed by atoms with van der Waals surface area (Å²) in [6.45, 7) is 11.6. The lowest BCUT2D eigenvalue weighted by atomic mass is 9.87. The molecule has 0 bridgehead atoms. The van der Waals surface area contributed by atoms with E-state index < -0.39 is 12.8 Å². The van der Waals surface area contributed by atoms with Crippen LogP contribution in [0.5, 0.6) is 5.75 Å². The molecule has 0 heterocycles. The monoisotopic (exact) mass is 412 g/mol. The number of phenols is 1. The van der Waals surface area contributed by atoms with Crippen molar-refractivity contribution < 1.29 is 23.5 Å². The Bertz CT molecular complexity index is 687. The molecule has 0 amide bonds. The summed E-state index contributed by atoms with van der Waals surface area (Å²) >= 11 is 0. The molecule has 0 radical (unpaired) electrons. The van der Waals surface area contributed by atoms with Crippen LogP contribution in [0.1, 0.15) is 89.3 Å². The van der Waals surface area contributed by atoms with Crippen molar-refractivity contribution in [1.82, 2.24) is 0 Å². The summed E-state index contributed by atoms with van der Waals surface area (Å²) in [7, 11) is -0.916. The van der Waals surface area contributed by atoms with E-state index in [1.807, 2.05) is 12.1 Å². The molecule has 28 heavy (non-hydrogen) atoms. The molecule has 0 spiro atoms. The van der Waals surface area contributed by atoms with Crippen LogP contribution in [0.4, 0.5) is 0 Å². The molecule has 0 saturated carbocycles. The third-order valence-electron chi connectivity index (χ3n) is 6.00. The highest BCUT2D eigenvalue weighted by Crippen LogP contribution is 2.59. The number of ketones is 1. The van der Waals surface area contributed by atoms with Gasteiger partial charge in [0.2, 0.25) is 0 Å². The van der Waals surface area contributed by atoms with Gasteiger partial charge in [-0.15, -0.1) is 0 Å². The molecule has 0 aromatic heterocycles. The second-order valence-electron chi connectivity index (χ2n) is 8.09. The van der Waals surface area contributed by atoms with Crippen molar-refractivity contribution in [1.29, 1.82) is 0 Å². The zero-order valence-corrected chi connectivity index (χ0v) is 19.6. The van der Waals surface area contributed by atoms with E-state index in [2.05, 4.69) is 27.7 Å². The molecule has 6 heteroatoms. The van der Waals surface area contributed by atoms with Gasteiger partial charge in [0.25, 0.3) is 0 Å². The van der Waals surface area contributed by atoms with Crippen molar-refractivity contribution in [3.63, 3.8) is 0 Å². The van der Waals surface area contributed by atoms with E-state index in [0.29, 0.717) is 12.2 Å². The topological polar surface area (TPSA) is 72.8 Å². The van der Waals surface area contributed by atoms with Gasteiger partial charge in [0, 0.05) is 20.6 Å². The Kier molecular flexibility index (Phi) is 8.92. The molecule has 1 rings (SSSR count). The van der Waals surface area contributed by atoms with Gasteiger partial charge in [-0.25, -0.2) is 0 Å². The number of aromatic hydroxyl groups is 1. The summed E-state index contributed by atoms with van der Waals surface area (Å²) in [5.74, 6) is 0.680. The number of hydrogen-bond acceptors (Lipinski definition) is 5. The predicted octanol–water partition coefficient (Wildman–Crippen LogP) is 6.19. The van der Waals surface area contributed by atoms with E-state index >= 15 is 0 Å². The quantitative estimate of drug-likeness (QED) is 0.439. The first-order chi connectivity index (χ1) is 13.0. The smallest absolute Gasteiger partial charge is 0.343 e. The minimum atomic E-state index is -3.52. The summed E-state index contributed by atoms with van der Waals surface area (Å²) in [5, 5.41) is 9.54. The van der Waals surface area contributed by atoms with E-state index in [9.17, 15) is 14.5 Å². The van der Waals surface area contributed by atoms with Gasteiger partial charge in [0.05, 0.1) is 0 Å². The van der Waals surface area contributed by atoms with E-state index in [-0.39, 0.29) is 24.0 Å². The van der Waals surface area contributed by atoms with Gasteiger partial charge in [-0.3, -0.25) is 9.36 Å². The molecule has 0 saturated heterocycles. The van der Waals surface area contributed by atoms with Gasteiger partial charge >= 0.3 is 7.60 Å². The Balaban J connectivity index is 3.18. The average molecular weight is 413 g/mol. The summed E-state index contributed by atoms with van der Waals surface area (Å²) in [6.07, 6.45) is 2.60. The molecular weight excluding hydrogens is 375 g/mol. The van der Waals surface area contributed by atoms with Gasteiger partial charge in [-0.1, -0.05) is 39.8 Å². The average Bonchev–Trinajstić information content (AvgIpc) is 2.70. The Hall–Kier alpha value is -1.16. The second kappa shape index (κ2) is 10.0. The van der Waals surface area contributed by atoms with Gasteiger partial charge in [-0.2, -0.15) is 0 Å². The van der Waals surface area contributed by atoms with Crippen LogP contribution < -0.4 is 0 Å². The number of aryl methyl sites for hydroxylation is 1. The number of carbonyl (C=O) groups is 1. The zero-order valence-electron chi connectivity index (χ0n) is 18.7. The third-order valence-corrected chi connectivity index (χ3v) is 8.58. The number of hydrogen-bond donors (Lipinski definition) is 1. The van der Waals surface area contributed by atoms with E-state index in [4.69, 9.17) is 9.05 Å². The molecule has 1 aromatic carbocycles. The van der Waals surface area contributed by atoms with Crippen molar-refractivity contribution in [2.24, 2.45) is 0 Å². The van der Waals surface area contributed by atoms with Crippen LogP contribution in [-0.4, -0.2) is 30.3 Å². The standard InChI is InChI=1S/C22H37O5P/c1-9-15(3)18-13-17(14-19(21(18)24)16(4)10-2)11-12-20(23)22(5,6)28(25,26-7)27-8/h13-16,24H,9-12H2,1-8H3. The van der Waals surface area contributed by atoms with Gasteiger partial charge in [-0.05, 0) is 61.6 Å². The summed E-state index contributed by atoms with van der Waals surface area (Å²) in [4.78, 5) is 12.8. The first kappa shape index (κ1) is 24.9. The van der Waals surface area contributed by atoms with Crippen LogP contribution in [-0.2, 0) is 24.8 Å². The maximum absolute atomic E-state index is 12.8. The fourth-order valence-corrected chi connectivity index (χ4v) is 4.81. The Morgan fingerprint density at radius 2 is 1.50 bits per heavy atom. The van der Waals surface area contributed by atoms with Crippen LogP contribution in [0.3, 0.4) is 0 Å². The molecule has 0 fully saturated rings. The van der Waals surface area contributed by atoms with E-state index in [0.717, 1.165) is 29.5 Å². The molecule has 2 unspecified atom stereocenters. The minimum Gasteiger partial charge on any atom is -0.507 e. The highest BCUT2D eigenvalue weighted by Gasteiger charge is 2.47. The lowest BCUT2D eigenvalue weighted by Crippen LogP contribution is -2.33. The van der Waals surface area contributed by atoms with Crippen molar-refractivity contribution in [2.45, 2.75) is 84.2 Å². The highest BCUT2D eigenvalue weighted by molar-refractivity contribution is 7.56. The maximum Gasteiger partial charge on any atom is 0.343 e. The minimum absolute atomic E-state index is 0.164. The first-order valence-electron chi connectivity index (χ1n) is 10.1. The van der Waals surface area contributed by atoms with Crippen LogP contribution in [0, 0.1) is 0 Å². The summed E-state index contributed by atoms with van der Waals surface area (Å²) < 4.78 is 22.8. The van der Waals surface area contributed by atoms with Gasteiger partial charge in [0.1, 0.15) is 10.9 Å². The number of phenolic OH excluding ortho intramolecular Hbond substituents is 1. The Morgan fingerprint density at radius 1 is 1.07 bits per heavy atom. The molecule has 0 aliphatic carbocycles. The normalized spacial score (nSPS) is 14.7. The molecule has 160 valence electrons. The molecular formula is C22H37O5P. The Labute approximate surface area is 170 Å². The fraction of sp³-hybridized carbons (Fsp3) is 0.682. The van der Waals surface area contributed by atoms with Crippen molar-refractivity contribution in [3.8, 4) is 5.75 Å². The van der Waals surface area contributed by atoms with Crippen molar-refractivity contribution >= 4 is 13.4 Å². The van der Waals surface area contributed by atoms with Gasteiger partial charge in [0.15, 0.2) is 5.78 Å². The van der Waals surface area contributed by atoms with E-state index in [1.165, 1.54) is 14.2 Å².